The van der Waals surface area contributed by atoms with Crippen molar-refractivity contribution in [1.82, 2.24) is 25.0 Å². The van der Waals surface area contributed by atoms with E-state index in [9.17, 15) is 0 Å². The number of benzene rings is 1. The van der Waals surface area contributed by atoms with Crippen LogP contribution in [0.5, 0.6) is 0 Å². The summed E-state index contributed by atoms with van der Waals surface area (Å²) in [6, 6.07) is 9.89. The van der Waals surface area contributed by atoms with Crippen LogP contribution in [0.4, 0.5) is 0 Å². The number of H-pyrrole nitrogens is 1. The Labute approximate surface area is 144 Å². The molecule has 0 fully saturated rings. The maximum atomic E-state index is 6.52. The monoisotopic (exact) mass is 347 g/mol. The van der Waals surface area contributed by atoms with Gasteiger partial charge in [-0.2, -0.15) is 5.10 Å². The van der Waals surface area contributed by atoms with Crippen molar-refractivity contribution in [1.29, 1.82) is 0 Å². The Bertz CT molecular complexity index is 781. The van der Waals surface area contributed by atoms with Gasteiger partial charge in [-0.1, -0.05) is 48.5 Å². The number of rotatable bonds is 6. The van der Waals surface area contributed by atoms with E-state index in [1.54, 1.807) is 16.4 Å². The molecule has 0 spiro atoms. The number of aromatic nitrogens is 5. The van der Waals surface area contributed by atoms with Crippen LogP contribution in [-0.2, 0) is 12.2 Å². The highest BCUT2D eigenvalue weighted by molar-refractivity contribution is 7.98. The Morgan fingerprint density at radius 3 is 2.78 bits per heavy atom. The largest absolute Gasteiger partial charge is 0.262 e. The molecule has 0 radical (unpaired) electrons. The predicted octanol–water partition coefficient (Wildman–Crippen LogP) is 4.20. The average molecular weight is 348 g/mol. The van der Waals surface area contributed by atoms with E-state index in [-0.39, 0.29) is 0 Å². The molecule has 0 aliphatic heterocycles. The average Bonchev–Trinajstić information content (AvgIpc) is 3.12. The van der Waals surface area contributed by atoms with Gasteiger partial charge in [-0.3, -0.25) is 5.10 Å². The van der Waals surface area contributed by atoms with E-state index >= 15 is 0 Å². The summed E-state index contributed by atoms with van der Waals surface area (Å²) in [5.74, 6) is 1.62. The maximum absolute atomic E-state index is 6.52. The Morgan fingerprint density at radius 2 is 2.04 bits per heavy atom. The third-order valence-corrected chi connectivity index (χ3v) is 4.73. The van der Waals surface area contributed by atoms with E-state index in [2.05, 4.69) is 27.2 Å². The predicted molar refractivity (Wildman–Crippen MR) is 93.2 cm³/mol. The molecule has 0 saturated heterocycles. The molecule has 0 atom stereocenters. The number of hydrogen-bond donors (Lipinski definition) is 1. The van der Waals surface area contributed by atoms with Gasteiger partial charge in [0.2, 0.25) is 5.16 Å². The number of nitrogens with zero attached hydrogens (tertiary/aromatic N) is 4. The minimum absolute atomic E-state index is 0.644. The summed E-state index contributed by atoms with van der Waals surface area (Å²) < 4.78 is 1.77. The number of nitrogens with one attached hydrogen (secondary N) is 1. The van der Waals surface area contributed by atoms with Crippen LogP contribution in [0.3, 0.4) is 0 Å². The van der Waals surface area contributed by atoms with Crippen molar-refractivity contribution in [2.24, 2.45) is 0 Å². The van der Waals surface area contributed by atoms with Crippen LogP contribution in [0.1, 0.15) is 30.4 Å². The standard InChI is InChI=1S/C16H18ClN5S/c1-3-7-14-18-16(20-19-14)23-10-13-11(2)21-22(15(13)17)12-8-5-4-6-9-12/h4-6,8-9H,3,7,10H2,1-2H3,(H,18,19,20). The summed E-state index contributed by atoms with van der Waals surface area (Å²) in [6.07, 6.45) is 1.97. The fraction of sp³-hybridized carbons (Fsp3) is 0.312. The van der Waals surface area contributed by atoms with Crippen LogP contribution in [0.15, 0.2) is 35.5 Å². The number of thioether (sulfide) groups is 1. The first-order valence-corrected chi connectivity index (χ1v) is 8.89. The molecule has 3 aromatic rings. The van der Waals surface area contributed by atoms with Gasteiger partial charge in [0.1, 0.15) is 11.0 Å². The second-order valence-corrected chi connectivity index (χ2v) is 6.51. The molecule has 7 heteroatoms. The number of aromatic amines is 1. The van der Waals surface area contributed by atoms with Crippen molar-refractivity contribution < 1.29 is 0 Å². The summed E-state index contributed by atoms with van der Waals surface area (Å²) in [4.78, 5) is 4.47. The molecule has 1 aromatic carbocycles. The van der Waals surface area contributed by atoms with Gasteiger partial charge < -0.3 is 0 Å². The lowest BCUT2D eigenvalue weighted by atomic mass is 10.3. The van der Waals surface area contributed by atoms with Crippen LogP contribution in [0, 0.1) is 6.92 Å². The smallest absolute Gasteiger partial charge is 0.208 e. The first-order chi connectivity index (χ1) is 11.2. The highest BCUT2D eigenvalue weighted by atomic mass is 35.5. The summed E-state index contributed by atoms with van der Waals surface area (Å²) in [7, 11) is 0. The van der Waals surface area contributed by atoms with Crippen molar-refractivity contribution in [3.05, 3.63) is 52.6 Å². The highest BCUT2D eigenvalue weighted by Gasteiger charge is 2.15. The lowest BCUT2D eigenvalue weighted by Crippen LogP contribution is -1.96. The molecular formula is C16H18ClN5S. The Morgan fingerprint density at radius 1 is 1.26 bits per heavy atom. The molecule has 2 heterocycles. The molecule has 5 nitrogen and oxygen atoms in total. The minimum atomic E-state index is 0.644. The Kier molecular flexibility index (Phi) is 5.03. The molecule has 0 aliphatic carbocycles. The van der Waals surface area contributed by atoms with E-state index in [1.807, 2.05) is 37.3 Å². The molecule has 0 amide bonds. The molecule has 0 unspecified atom stereocenters. The quantitative estimate of drug-likeness (QED) is 0.679. The summed E-state index contributed by atoms with van der Waals surface area (Å²) in [6.45, 7) is 4.10. The number of para-hydroxylation sites is 1. The van der Waals surface area contributed by atoms with Crippen LogP contribution < -0.4 is 0 Å². The zero-order valence-corrected chi connectivity index (χ0v) is 14.7. The Hall–Kier alpha value is -1.79. The molecule has 0 aliphatic rings. The molecule has 23 heavy (non-hydrogen) atoms. The SMILES string of the molecule is CCCc1nc(SCc2c(C)nn(-c3ccccc3)c2Cl)n[nH]1. The molecule has 120 valence electrons. The number of aryl methyl sites for hydroxylation is 2. The molecular weight excluding hydrogens is 330 g/mol. The zero-order chi connectivity index (χ0) is 16.2. The summed E-state index contributed by atoms with van der Waals surface area (Å²) in [5, 5.41) is 13.1. The molecule has 0 saturated carbocycles. The third-order valence-electron chi connectivity index (χ3n) is 3.47. The van der Waals surface area contributed by atoms with E-state index in [4.69, 9.17) is 11.6 Å². The first-order valence-electron chi connectivity index (χ1n) is 7.52. The molecule has 3 rings (SSSR count). The van der Waals surface area contributed by atoms with Crippen LogP contribution >= 0.6 is 23.4 Å². The van der Waals surface area contributed by atoms with E-state index in [1.165, 1.54) is 0 Å². The van der Waals surface area contributed by atoms with E-state index in [0.29, 0.717) is 10.9 Å². The topological polar surface area (TPSA) is 59.4 Å². The van der Waals surface area contributed by atoms with Crippen LogP contribution in [-0.4, -0.2) is 25.0 Å². The molecule has 1 N–H and O–H groups in total. The minimum Gasteiger partial charge on any atom is -0.262 e. The van der Waals surface area contributed by atoms with Crippen molar-refractivity contribution >= 4 is 23.4 Å². The first kappa shape index (κ1) is 16.1. The summed E-state index contributed by atoms with van der Waals surface area (Å²) >= 11 is 8.09. The summed E-state index contributed by atoms with van der Waals surface area (Å²) in [5.41, 5.74) is 2.90. The fourth-order valence-electron chi connectivity index (χ4n) is 2.26. The zero-order valence-electron chi connectivity index (χ0n) is 13.1. The van der Waals surface area contributed by atoms with Crippen LogP contribution in [0.25, 0.3) is 5.69 Å². The van der Waals surface area contributed by atoms with Crippen molar-refractivity contribution in [3.8, 4) is 5.69 Å². The second kappa shape index (κ2) is 7.19. The van der Waals surface area contributed by atoms with E-state index in [0.717, 1.165) is 40.8 Å². The normalized spacial score (nSPS) is 11.1. The number of halogens is 1. The molecule has 0 bridgehead atoms. The van der Waals surface area contributed by atoms with E-state index < -0.39 is 0 Å². The van der Waals surface area contributed by atoms with Crippen molar-refractivity contribution in [2.75, 3.05) is 0 Å². The number of hydrogen-bond acceptors (Lipinski definition) is 4. The van der Waals surface area contributed by atoms with Gasteiger partial charge in [0.25, 0.3) is 0 Å². The fourth-order valence-corrected chi connectivity index (χ4v) is 3.59. The van der Waals surface area contributed by atoms with Crippen molar-refractivity contribution in [3.63, 3.8) is 0 Å². The van der Waals surface area contributed by atoms with Gasteiger partial charge in [-0.05, 0) is 25.5 Å². The van der Waals surface area contributed by atoms with Crippen molar-refractivity contribution in [2.45, 2.75) is 37.6 Å². The lowest BCUT2D eigenvalue weighted by Gasteiger charge is -2.02. The molecule has 2 aromatic heterocycles. The van der Waals surface area contributed by atoms with Gasteiger partial charge in [0.05, 0.1) is 11.4 Å². The second-order valence-electron chi connectivity index (χ2n) is 5.21. The Balaban J connectivity index is 1.76. The van der Waals surface area contributed by atoms with Gasteiger partial charge in [0.15, 0.2) is 0 Å². The highest BCUT2D eigenvalue weighted by Crippen LogP contribution is 2.29. The van der Waals surface area contributed by atoms with Gasteiger partial charge in [-0.15, -0.1) is 5.10 Å². The lowest BCUT2D eigenvalue weighted by molar-refractivity contribution is 0.840. The van der Waals surface area contributed by atoms with Gasteiger partial charge in [-0.25, -0.2) is 9.67 Å². The van der Waals surface area contributed by atoms with Crippen LogP contribution in [0.2, 0.25) is 5.15 Å². The van der Waals surface area contributed by atoms with Gasteiger partial charge in [0, 0.05) is 17.7 Å². The maximum Gasteiger partial charge on any atom is 0.208 e. The van der Waals surface area contributed by atoms with Gasteiger partial charge >= 0.3 is 0 Å². The third kappa shape index (κ3) is 3.59.